The third-order valence-electron chi connectivity index (χ3n) is 0.712. The summed E-state index contributed by atoms with van der Waals surface area (Å²) in [5, 5.41) is 31.2. The van der Waals surface area contributed by atoms with Crippen LogP contribution in [0.3, 0.4) is 0 Å². The molecule has 0 aromatic heterocycles. The van der Waals surface area contributed by atoms with Gasteiger partial charge in [-0.05, 0) is 13.3 Å². The van der Waals surface area contributed by atoms with Crippen molar-refractivity contribution in [2.45, 2.75) is 26.7 Å². The molecule has 4 nitrogen and oxygen atoms in total. The van der Waals surface area contributed by atoms with E-state index in [0.717, 1.165) is 12.8 Å². The van der Waals surface area contributed by atoms with E-state index in [9.17, 15) is 0 Å². The first-order valence-electron chi connectivity index (χ1n) is 5.31. The molecule has 0 heterocycles. The zero-order valence-electron chi connectivity index (χ0n) is 10.3. The van der Waals surface area contributed by atoms with Crippen molar-refractivity contribution in [1.29, 1.82) is 0 Å². The minimum absolute atomic E-state index is 0.184. The van der Waals surface area contributed by atoms with Gasteiger partial charge in [-0.3, -0.25) is 0 Å². The van der Waals surface area contributed by atoms with Crippen molar-refractivity contribution in [2.24, 2.45) is 0 Å². The Morgan fingerprint density at radius 2 is 1.00 bits per heavy atom. The van der Waals surface area contributed by atoms with Gasteiger partial charge in [0, 0.05) is 24.7 Å². The lowest BCUT2D eigenvalue weighted by atomic mass is 10.4. The molecule has 0 aromatic rings. The lowest BCUT2D eigenvalue weighted by molar-refractivity contribution is 0.287. The van der Waals surface area contributed by atoms with Gasteiger partial charge in [-0.25, -0.2) is 0 Å². The molecule has 0 aliphatic rings. The van der Waals surface area contributed by atoms with Gasteiger partial charge in [0.1, 0.15) is 0 Å². The fourth-order valence-corrected chi connectivity index (χ4v) is 0.158. The molecule has 0 saturated heterocycles. The zero-order valence-corrected chi connectivity index (χ0v) is 12.1. The molecular formula is C10H28O4S2. The predicted molar refractivity (Wildman–Crippen MR) is 76.6 cm³/mol. The van der Waals surface area contributed by atoms with Gasteiger partial charge in [0.05, 0.1) is 13.2 Å². The van der Waals surface area contributed by atoms with Crippen molar-refractivity contribution in [3.63, 3.8) is 0 Å². The van der Waals surface area contributed by atoms with Gasteiger partial charge < -0.3 is 20.4 Å². The number of hydrogen-bond donors (Lipinski definition) is 6. The average molecular weight is 276 g/mol. The highest BCUT2D eigenvalue weighted by atomic mass is 32.1. The molecule has 6 heteroatoms. The predicted octanol–water partition coefficient (Wildman–Crippen LogP) is 0.594. The molecule has 0 bridgehead atoms. The normalized spacial score (nSPS) is 7.50. The molecule has 0 unspecified atom stereocenters. The molecule has 0 aliphatic carbocycles. The summed E-state index contributed by atoms with van der Waals surface area (Å²) in [6.45, 7) is 4.69. The van der Waals surface area contributed by atoms with Crippen LogP contribution >= 0.6 is 25.3 Å². The van der Waals surface area contributed by atoms with Gasteiger partial charge in [-0.1, -0.05) is 13.3 Å². The maximum Gasteiger partial charge on any atom is 0.0519 e. The monoisotopic (exact) mass is 276 g/mol. The van der Waals surface area contributed by atoms with E-state index in [1.165, 1.54) is 0 Å². The molecule has 4 N–H and O–H groups in total. The molecule has 104 valence electrons. The van der Waals surface area contributed by atoms with E-state index in [0.29, 0.717) is 18.1 Å². The van der Waals surface area contributed by atoms with E-state index in [1.807, 2.05) is 0 Å². The molecule has 0 aromatic carbocycles. The molecule has 0 radical (unpaired) electrons. The summed E-state index contributed by atoms with van der Waals surface area (Å²) < 4.78 is 0. The summed E-state index contributed by atoms with van der Waals surface area (Å²) in [5.74, 6) is 1.14. The molecule has 0 fully saturated rings. The van der Waals surface area contributed by atoms with Crippen molar-refractivity contribution >= 4 is 25.3 Å². The molecule has 0 amide bonds. The van der Waals surface area contributed by atoms with E-state index in [4.69, 9.17) is 20.4 Å². The van der Waals surface area contributed by atoms with Crippen molar-refractivity contribution in [1.82, 2.24) is 0 Å². The summed E-state index contributed by atoms with van der Waals surface area (Å²) in [5.41, 5.74) is 0. The van der Waals surface area contributed by atoms with Crippen LogP contribution in [0.1, 0.15) is 26.7 Å². The highest BCUT2D eigenvalue weighted by Crippen LogP contribution is 1.78. The smallest absolute Gasteiger partial charge is 0.0519 e. The van der Waals surface area contributed by atoms with Gasteiger partial charge in [0.25, 0.3) is 0 Å². The Kier molecular flexibility index (Phi) is 71.5. The van der Waals surface area contributed by atoms with Crippen LogP contribution < -0.4 is 0 Å². The summed E-state index contributed by atoms with van der Waals surface area (Å²) >= 11 is 7.34. The van der Waals surface area contributed by atoms with Gasteiger partial charge >= 0.3 is 0 Å². The van der Waals surface area contributed by atoms with Crippen molar-refractivity contribution in [3.8, 4) is 0 Å². The minimum Gasteiger partial charge on any atom is -0.397 e. The quantitative estimate of drug-likeness (QED) is 0.425. The van der Waals surface area contributed by atoms with Crippen LogP contribution in [0.5, 0.6) is 0 Å². The number of rotatable bonds is 4. The summed E-state index contributed by atoms with van der Waals surface area (Å²) in [4.78, 5) is 0. The van der Waals surface area contributed by atoms with E-state index < -0.39 is 0 Å². The highest BCUT2D eigenvalue weighted by molar-refractivity contribution is 7.80. The second-order valence-electron chi connectivity index (χ2n) is 2.29. The molecular weight excluding hydrogens is 248 g/mol. The number of thiol groups is 2. The Morgan fingerprint density at radius 1 is 0.750 bits per heavy atom. The third-order valence-corrected chi connectivity index (χ3v) is 1.11. The summed E-state index contributed by atoms with van der Waals surface area (Å²) in [6.07, 6.45) is 2.04. The van der Waals surface area contributed by atoms with Crippen LogP contribution in [0.4, 0.5) is 0 Å². The fourth-order valence-electron chi connectivity index (χ4n) is 0.158. The number of aliphatic hydroxyl groups is 4. The topological polar surface area (TPSA) is 80.9 Å². The largest absolute Gasteiger partial charge is 0.397 e. The first kappa shape index (κ1) is 25.4. The van der Waals surface area contributed by atoms with E-state index in [2.05, 4.69) is 32.2 Å². The maximum absolute atomic E-state index is 8.07. The number of aliphatic hydroxyl groups excluding tert-OH is 4. The number of hydrogen-bond acceptors (Lipinski definition) is 6. The first-order chi connectivity index (χ1) is 7.66. The van der Waals surface area contributed by atoms with Gasteiger partial charge in [-0.2, -0.15) is 25.3 Å². The molecule has 16 heavy (non-hydrogen) atoms. The Hall–Kier alpha value is 0.540. The van der Waals surface area contributed by atoms with Crippen LogP contribution in [0.15, 0.2) is 0 Å². The third kappa shape index (κ3) is 129. The zero-order chi connectivity index (χ0) is 13.7. The summed E-state index contributed by atoms with van der Waals surface area (Å²) in [6, 6.07) is 0. The van der Waals surface area contributed by atoms with Gasteiger partial charge in [-0.15, -0.1) is 0 Å². The van der Waals surface area contributed by atoms with Crippen LogP contribution in [-0.2, 0) is 0 Å². The minimum atomic E-state index is 0.184. The molecule has 0 aliphatic heterocycles. The Morgan fingerprint density at radius 3 is 1.00 bits per heavy atom. The average Bonchev–Trinajstić information content (AvgIpc) is 2.32. The SMILES string of the molecule is CCCCO.CCO.OCCS.OCCS. The fraction of sp³-hybridized carbons (Fsp3) is 1.00. The highest BCUT2D eigenvalue weighted by Gasteiger charge is 1.69. The van der Waals surface area contributed by atoms with Crippen LogP contribution in [-0.4, -0.2) is 58.4 Å². The van der Waals surface area contributed by atoms with Crippen molar-refractivity contribution < 1.29 is 20.4 Å². The molecule has 0 spiro atoms. The second kappa shape index (κ2) is 45.0. The standard InChI is InChI=1S/C4H10O.2C2H6OS.C2H6O/c1-2-3-4-5;2*3-1-2-4;1-2-3/h5H,2-4H2,1H3;2*3-4H,1-2H2;3H,2H2,1H3. The van der Waals surface area contributed by atoms with E-state index >= 15 is 0 Å². The first-order valence-corrected chi connectivity index (χ1v) is 6.58. The lowest BCUT2D eigenvalue weighted by Crippen LogP contribution is -1.76. The van der Waals surface area contributed by atoms with Crippen LogP contribution in [0, 0.1) is 0 Å². The second-order valence-corrected chi connectivity index (χ2v) is 3.18. The molecule has 0 saturated carbocycles. The van der Waals surface area contributed by atoms with E-state index in [-0.39, 0.29) is 19.8 Å². The molecule has 0 rings (SSSR count). The van der Waals surface area contributed by atoms with Crippen molar-refractivity contribution in [3.05, 3.63) is 0 Å². The van der Waals surface area contributed by atoms with Crippen LogP contribution in [0.25, 0.3) is 0 Å². The van der Waals surface area contributed by atoms with E-state index in [1.54, 1.807) is 6.92 Å². The maximum atomic E-state index is 8.07. The summed E-state index contributed by atoms with van der Waals surface area (Å²) in [7, 11) is 0. The van der Waals surface area contributed by atoms with Crippen LogP contribution in [0.2, 0.25) is 0 Å². The Bertz CT molecular complexity index is 58.8. The van der Waals surface area contributed by atoms with Gasteiger partial charge in [0.15, 0.2) is 0 Å². The Balaban J connectivity index is -0.0000000610. The Labute approximate surface area is 111 Å². The number of unbranched alkanes of at least 4 members (excludes halogenated alkanes) is 1. The lowest BCUT2D eigenvalue weighted by Gasteiger charge is -1.79. The van der Waals surface area contributed by atoms with Gasteiger partial charge in [0.2, 0.25) is 0 Å². The van der Waals surface area contributed by atoms with Crippen molar-refractivity contribution in [2.75, 3.05) is 37.9 Å². The molecule has 0 atom stereocenters.